The summed E-state index contributed by atoms with van der Waals surface area (Å²) in [6, 6.07) is 5.47. The van der Waals surface area contributed by atoms with Crippen molar-refractivity contribution in [3.63, 3.8) is 0 Å². The van der Waals surface area contributed by atoms with Crippen LogP contribution in [0.1, 0.15) is 39.4 Å². The number of hydrogen-bond donors (Lipinski definition) is 1. The summed E-state index contributed by atoms with van der Waals surface area (Å²) in [5.41, 5.74) is 1.51. The third-order valence-corrected chi connectivity index (χ3v) is 6.15. The van der Waals surface area contributed by atoms with Gasteiger partial charge in [-0.15, -0.1) is 0 Å². The minimum absolute atomic E-state index is 0.0700. The zero-order valence-electron chi connectivity index (χ0n) is 17.8. The van der Waals surface area contributed by atoms with Gasteiger partial charge in [-0.1, -0.05) is 32.5 Å². The summed E-state index contributed by atoms with van der Waals surface area (Å²) in [5.74, 6) is -0.541. The van der Waals surface area contributed by atoms with Crippen molar-refractivity contribution >= 4 is 28.6 Å². The second-order valence-corrected chi connectivity index (χ2v) is 9.94. The molecular weight excluding hydrogens is 429 g/mol. The second-order valence-electron chi connectivity index (χ2n) is 8.74. The van der Waals surface area contributed by atoms with Gasteiger partial charge in [0.05, 0.1) is 17.6 Å². The fourth-order valence-corrected chi connectivity index (χ4v) is 4.44. The van der Waals surface area contributed by atoms with Crippen LogP contribution in [0.3, 0.4) is 0 Å². The van der Waals surface area contributed by atoms with Gasteiger partial charge in [0.1, 0.15) is 5.82 Å². The maximum Gasteiger partial charge on any atom is 0.454 e. The van der Waals surface area contributed by atoms with Gasteiger partial charge in [-0.25, -0.2) is 4.98 Å². The van der Waals surface area contributed by atoms with Crippen molar-refractivity contribution in [1.82, 2.24) is 9.55 Å². The fraction of sp³-hybridized carbons (Fsp3) is 0.545. The lowest BCUT2D eigenvalue weighted by Crippen LogP contribution is -2.25. The summed E-state index contributed by atoms with van der Waals surface area (Å²) >= 11 is 0.931. The predicted octanol–water partition coefficient (Wildman–Crippen LogP) is 4.86. The summed E-state index contributed by atoms with van der Waals surface area (Å²) < 4.78 is 45.3. The summed E-state index contributed by atoms with van der Waals surface area (Å²) in [7, 11) is 0. The number of carbonyl (C=O) groups is 1. The predicted molar refractivity (Wildman–Crippen MR) is 114 cm³/mol. The number of aliphatic hydroxyl groups is 1. The first kappa shape index (κ1) is 23.8. The van der Waals surface area contributed by atoms with Crippen LogP contribution in [0.4, 0.5) is 13.2 Å². The molecule has 1 aromatic carbocycles. The Bertz CT molecular complexity index is 971. The molecule has 0 bridgehead atoms. The Hall–Kier alpha value is -1.84. The average molecular weight is 457 g/mol. The lowest BCUT2D eigenvalue weighted by molar-refractivity contribution is -0.165. The molecule has 5 nitrogen and oxygen atoms in total. The van der Waals surface area contributed by atoms with Gasteiger partial charge in [0.2, 0.25) is 0 Å². The number of ketones is 1. The Balaban J connectivity index is 1.93. The molecule has 2 aromatic rings. The van der Waals surface area contributed by atoms with Crippen molar-refractivity contribution in [3.8, 4) is 0 Å². The number of alkyl halides is 3. The minimum Gasteiger partial charge on any atom is -0.391 e. The van der Waals surface area contributed by atoms with Gasteiger partial charge in [0.15, 0.2) is 0 Å². The SMILES string of the molecule is CC(C)(C)c1nc2cc(S/C(=C\C(=O)C(F)(F)F)CO)ccc2n1CC1CCOCC1. The molecule has 31 heavy (non-hydrogen) atoms. The van der Waals surface area contributed by atoms with Crippen LogP contribution in [-0.2, 0) is 21.5 Å². The molecule has 3 rings (SSSR count). The van der Waals surface area contributed by atoms with Gasteiger partial charge in [-0.05, 0) is 37.0 Å². The van der Waals surface area contributed by atoms with E-state index in [0.717, 1.165) is 61.2 Å². The summed E-state index contributed by atoms with van der Waals surface area (Å²) in [5, 5.41) is 9.41. The first-order chi connectivity index (χ1) is 14.5. The monoisotopic (exact) mass is 456 g/mol. The maximum atomic E-state index is 12.5. The largest absolute Gasteiger partial charge is 0.454 e. The van der Waals surface area contributed by atoms with E-state index in [0.29, 0.717) is 16.9 Å². The zero-order chi connectivity index (χ0) is 22.8. The van der Waals surface area contributed by atoms with Crippen LogP contribution >= 0.6 is 11.8 Å². The molecule has 170 valence electrons. The van der Waals surface area contributed by atoms with E-state index in [1.165, 1.54) is 0 Å². The zero-order valence-corrected chi connectivity index (χ0v) is 18.6. The van der Waals surface area contributed by atoms with E-state index in [-0.39, 0.29) is 10.3 Å². The van der Waals surface area contributed by atoms with Crippen molar-refractivity contribution in [3.05, 3.63) is 35.0 Å². The van der Waals surface area contributed by atoms with Crippen LogP contribution in [-0.4, -0.2) is 46.4 Å². The summed E-state index contributed by atoms with van der Waals surface area (Å²) in [6.45, 7) is 7.99. The number of aromatic nitrogens is 2. The molecule has 1 aliphatic heterocycles. The van der Waals surface area contributed by atoms with E-state index in [1.807, 2.05) is 6.07 Å². The number of allylic oxidation sites excluding steroid dienone is 1. The molecule has 0 aliphatic carbocycles. The number of rotatable bonds is 6. The third kappa shape index (κ3) is 5.90. The molecule has 0 radical (unpaired) electrons. The number of carbonyl (C=O) groups excluding carboxylic acids is 1. The highest BCUT2D eigenvalue weighted by molar-refractivity contribution is 8.03. The highest BCUT2D eigenvalue weighted by Crippen LogP contribution is 2.33. The molecule has 0 amide bonds. The normalized spacial score (nSPS) is 16.8. The van der Waals surface area contributed by atoms with Gasteiger partial charge >= 0.3 is 6.18 Å². The first-order valence-corrected chi connectivity index (χ1v) is 11.0. The Kier molecular flexibility index (Phi) is 7.18. The molecule has 1 fully saturated rings. The Labute approximate surface area is 183 Å². The van der Waals surface area contributed by atoms with Crippen LogP contribution in [0, 0.1) is 5.92 Å². The highest BCUT2D eigenvalue weighted by Gasteiger charge is 2.36. The molecule has 1 N–H and O–H groups in total. The van der Waals surface area contributed by atoms with Crippen molar-refractivity contribution in [2.75, 3.05) is 19.8 Å². The van der Waals surface area contributed by atoms with Crippen molar-refractivity contribution in [1.29, 1.82) is 0 Å². The average Bonchev–Trinajstić information content (AvgIpc) is 3.05. The quantitative estimate of drug-likeness (QED) is 0.497. The van der Waals surface area contributed by atoms with Gasteiger partial charge < -0.3 is 14.4 Å². The molecule has 0 unspecified atom stereocenters. The lowest BCUT2D eigenvalue weighted by Gasteiger charge is -2.26. The molecule has 0 spiro atoms. The van der Waals surface area contributed by atoms with E-state index in [1.54, 1.807) is 12.1 Å². The van der Waals surface area contributed by atoms with Crippen LogP contribution in [0.15, 0.2) is 34.1 Å². The number of aliphatic hydroxyl groups excluding tert-OH is 1. The van der Waals surface area contributed by atoms with Crippen molar-refractivity contribution in [2.45, 2.75) is 56.6 Å². The summed E-state index contributed by atoms with van der Waals surface area (Å²) in [6.07, 6.45) is -2.53. The Morgan fingerprint density at radius 2 is 1.97 bits per heavy atom. The van der Waals surface area contributed by atoms with E-state index < -0.39 is 18.6 Å². The molecule has 0 atom stereocenters. The molecule has 9 heteroatoms. The van der Waals surface area contributed by atoms with Gasteiger partial charge in [-0.3, -0.25) is 4.79 Å². The van der Waals surface area contributed by atoms with E-state index in [2.05, 4.69) is 25.3 Å². The first-order valence-electron chi connectivity index (χ1n) is 10.2. The minimum atomic E-state index is -4.96. The molecule has 2 heterocycles. The van der Waals surface area contributed by atoms with Gasteiger partial charge in [-0.2, -0.15) is 13.2 Å². The summed E-state index contributed by atoms with van der Waals surface area (Å²) in [4.78, 5) is 16.6. The smallest absolute Gasteiger partial charge is 0.391 e. The molecule has 1 saturated heterocycles. The number of halogens is 3. The van der Waals surface area contributed by atoms with E-state index in [9.17, 15) is 23.1 Å². The molecule has 0 saturated carbocycles. The van der Waals surface area contributed by atoms with Crippen molar-refractivity contribution in [2.24, 2.45) is 5.92 Å². The lowest BCUT2D eigenvalue weighted by atomic mass is 9.94. The van der Waals surface area contributed by atoms with Crippen LogP contribution in [0.2, 0.25) is 0 Å². The second kappa shape index (κ2) is 9.34. The van der Waals surface area contributed by atoms with E-state index >= 15 is 0 Å². The van der Waals surface area contributed by atoms with Crippen LogP contribution < -0.4 is 0 Å². The van der Waals surface area contributed by atoms with Gasteiger partial charge in [0.25, 0.3) is 5.78 Å². The standard InChI is InChI=1S/C22H27F3N2O3S/c1-21(2,3)20-26-17-10-15(31-16(13-28)11-19(29)22(23,24)25)4-5-18(17)27(20)12-14-6-8-30-9-7-14/h4-5,10-11,14,28H,6-9,12-13H2,1-3H3/b16-11-. The molecule has 1 aliphatic rings. The maximum absolute atomic E-state index is 12.5. The van der Waals surface area contributed by atoms with Gasteiger partial charge in [0, 0.05) is 41.1 Å². The van der Waals surface area contributed by atoms with E-state index in [4.69, 9.17) is 9.72 Å². The molecule has 1 aromatic heterocycles. The van der Waals surface area contributed by atoms with Crippen LogP contribution in [0.5, 0.6) is 0 Å². The number of ether oxygens (including phenoxy) is 1. The highest BCUT2D eigenvalue weighted by atomic mass is 32.2. The number of imidazole rings is 1. The fourth-order valence-electron chi connectivity index (χ4n) is 3.60. The topological polar surface area (TPSA) is 64.3 Å². The van der Waals surface area contributed by atoms with Crippen LogP contribution in [0.25, 0.3) is 11.0 Å². The van der Waals surface area contributed by atoms with Crippen molar-refractivity contribution < 1.29 is 27.8 Å². The Morgan fingerprint density at radius 1 is 1.29 bits per heavy atom. The number of thioether (sulfide) groups is 1. The third-order valence-electron chi connectivity index (χ3n) is 5.15. The Morgan fingerprint density at radius 3 is 2.55 bits per heavy atom. The number of fused-ring (bicyclic) bond motifs is 1. The number of benzene rings is 1. The molecular formula is C22H27F3N2O3S. The number of hydrogen-bond acceptors (Lipinski definition) is 5. The number of nitrogens with zero attached hydrogens (tertiary/aromatic N) is 2.